The summed E-state index contributed by atoms with van der Waals surface area (Å²) in [6.07, 6.45) is 3.63. The van der Waals surface area contributed by atoms with E-state index in [1.807, 2.05) is 6.07 Å². The van der Waals surface area contributed by atoms with Gasteiger partial charge in [-0.25, -0.2) is 0 Å². The normalized spacial score (nSPS) is 23.4. The monoisotopic (exact) mass is 155 g/mol. The third kappa shape index (κ3) is 3.35. The molecule has 0 aliphatic carbocycles. The van der Waals surface area contributed by atoms with Gasteiger partial charge in [-0.2, -0.15) is 5.26 Å². The van der Waals surface area contributed by atoms with Crippen LogP contribution in [0.1, 0.15) is 19.3 Å². The van der Waals surface area contributed by atoms with Crippen LogP contribution in [0.4, 0.5) is 0 Å². The molecule has 0 spiro atoms. The van der Waals surface area contributed by atoms with E-state index >= 15 is 0 Å². The molecular weight excluding hydrogens is 142 g/mol. The van der Waals surface area contributed by atoms with Crippen LogP contribution in [0.3, 0.4) is 0 Å². The van der Waals surface area contributed by atoms with Crippen molar-refractivity contribution < 1.29 is 9.47 Å². The van der Waals surface area contributed by atoms with Gasteiger partial charge in [0.1, 0.15) is 6.61 Å². The molecule has 0 aromatic heterocycles. The molecule has 1 aliphatic rings. The summed E-state index contributed by atoms with van der Waals surface area (Å²) in [6.45, 7) is 1.74. The molecule has 0 radical (unpaired) electrons. The second-order valence-electron chi connectivity index (χ2n) is 2.63. The van der Waals surface area contributed by atoms with Gasteiger partial charge in [0.2, 0.25) is 0 Å². The highest BCUT2D eigenvalue weighted by Crippen LogP contribution is 2.14. The molecule has 3 heteroatoms. The van der Waals surface area contributed by atoms with Crippen molar-refractivity contribution in [2.75, 3.05) is 19.8 Å². The van der Waals surface area contributed by atoms with Crippen molar-refractivity contribution in [3.05, 3.63) is 0 Å². The maximum Gasteiger partial charge on any atom is 0.133 e. The van der Waals surface area contributed by atoms with E-state index in [1.165, 1.54) is 6.42 Å². The molecule has 0 bridgehead atoms. The van der Waals surface area contributed by atoms with Crippen molar-refractivity contribution in [1.29, 1.82) is 5.26 Å². The minimum absolute atomic E-state index is 0.201. The Bertz CT molecular complexity index is 136. The van der Waals surface area contributed by atoms with E-state index < -0.39 is 0 Å². The minimum atomic E-state index is 0.201. The van der Waals surface area contributed by atoms with Crippen LogP contribution in [0.25, 0.3) is 0 Å². The van der Waals surface area contributed by atoms with Gasteiger partial charge >= 0.3 is 0 Å². The van der Waals surface area contributed by atoms with Gasteiger partial charge in [0.05, 0.1) is 18.8 Å². The Balaban J connectivity index is 1.90. The molecule has 11 heavy (non-hydrogen) atoms. The summed E-state index contributed by atoms with van der Waals surface area (Å²) in [7, 11) is 0. The molecule has 1 rings (SSSR count). The Hall–Kier alpha value is -0.590. The van der Waals surface area contributed by atoms with Crippen molar-refractivity contribution in [1.82, 2.24) is 0 Å². The van der Waals surface area contributed by atoms with Crippen molar-refractivity contribution >= 4 is 0 Å². The van der Waals surface area contributed by atoms with Crippen LogP contribution in [-0.4, -0.2) is 25.9 Å². The highest BCUT2D eigenvalue weighted by molar-refractivity contribution is 4.68. The zero-order valence-electron chi connectivity index (χ0n) is 6.58. The molecule has 1 unspecified atom stereocenters. The van der Waals surface area contributed by atoms with Gasteiger partial charge in [0.25, 0.3) is 0 Å². The summed E-state index contributed by atoms with van der Waals surface area (Å²) in [5.74, 6) is 0. The molecule has 0 aromatic rings. The minimum Gasteiger partial charge on any atom is -0.378 e. The Kier molecular flexibility index (Phi) is 3.95. The van der Waals surface area contributed by atoms with E-state index in [0.717, 1.165) is 19.4 Å². The fourth-order valence-electron chi connectivity index (χ4n) is 1.20. The van der Waals surface area contributed by atoms with Crippen LogP contribution < -0.4 is 0 Å². The van der Waals surface area contributed by atoms with Crippen LogP contribution >= 0.6 is 0 Å². The number of nitrogens with zero attached hydrogens (tertiary/aromatic N) is 1. The van der Waals surface area contributed by atoms with E-state index in [1.54, 1.807) is 0 Å². The van der Waals surface area contributed by atoms with Crippen LogP contribution in [-0.2, 0) is 9.47 Å². The fourth-order valence-corrected chi connectivity index (χ4v) is 1.20. The predicted octanol–water partition coefficient (Wildman–Crippen LogP) is 1.10. The Morgan fingerprint density at radius 3 is 3.18 bits per heavy atom. The first-order chi connectivity index (χ1) is 5.43. The lowest BCUT2D eigenvalue weighted by atomic mass is 10.2. The van der Waals surface area contributed by atoms with E-state index in [9.17, 15) is 0 Å². The van der Waals surface area contributed by atoms with Gasteiger partial charge in [-0.1, -0.05) is 0 Å². The van der Waals surface area contributed by atoms with Crippen LogP contribution in [0, 0.1) is 11.3 Å². The molecule has 0 N–H and O–H groups in total. The quantitative estimate of drug-likeness (QED) is 0.571. The largest absolute Gasteiger partial charge is 0.378 e. The average molecular weight is 155 g/mol. The molecule has 1 aliphatic heterocycles. The predicted molar refractivity (Wildman–Crippen MR) is 40.0 cm³/mol. The molecule has 1 fully saturated rings. The van der Waals surface area contributed by atoms with Crippen molar-refractivity contribution in [3.63, 3.8) is 0 Å². The van der Waals surface area contributed by atoms with Gasteiger partial charge in [0.15, 0.2) is 0 Å². The van der Waals surface area contributed by atoms with Crippen LogP contribution in [0.2, 0.25) is 0 Å². The van der Waals surface area contributed by atoms with Gasteiger partial charge in [0, 0.05) is 6.61 Å². The number of hydrogen-bond donors (Lipinski definition) is 0. The maximum absolute atomic E-state index is 8.15. The van der Waals surface area contributed by atoms with Crippen LogP contribution in [0.15, 0.2) is 0 Å². The van der Waals surface area contributed by atoms with E-state index in [0.29, 0.717) is 12.7 Å². The lowest BCUT2D eigenvalue weighted by Gasteiger charge is -2.07. The van der Waals surface area contributed by atoms with Gasteiger partial charge in [-0.15, -0.1) is 0 Å². The Morgan fingerprint density at radius 1 is 1.64 bits per heavy atom. The molecule has 1 heterocycles. The topological polar surface area (TPSA) is 42.2 Å². The first-order valence-corrected chi connectivity index (χ1v) is 4.00. The summed E-state index contributed by atoms with van der Waals surface area (Å²) in [5.41, 5.74) is 0. The summed E-state index contributed by atoms with van der Waals surface area (Å²) < 4.78 is 10.4. The number of ether oxygens (including phenoxy) is 2. The molecule has 3 nitrogen and oxygen atoms in total. The van der Waals surface area contributed by atoms with Gasteiger partial charge in [-0.3, -0.25) is 0 Å². The molecule has 0 saturated carbocycles. The third-order valence-electron chi connectivity index (χ3n) is 1.77. The zero-order chi connectivity index (χ0) is 7.94. The second-order valence-corrected chi connectivity index (χ2v) is 2.63. The molecule has 0 aromatic carbocycles. The molecule has 62 valence electrons. The van der Waals surface area contributed by atoms with Gasteiger partial charge in [-0.05, 0) is 19.3 Å². The number of rotatable bonds is 4. The number of nitriles is 1. The standard InChI is InChI=1S/C8H13NO2/c9-4-7-10-6-3-8-2-1-5-11-8/h8H,1-3,5-7H2. The Morgan fingerprint density at radius 2 is 2.55 bits per heavy atom. The molecule has 1 saturated heterocycles. The first kappa shape index (κ1) is 8.51. The smallest absolute Gasteiger partial charge is 0.133 e. The molecular formula is C8H13NO2. The summed E-state index contributed by atoms with van der Waals surface area (Å²) in [4.78, 5) is 0. The van der Waals surface area contributed by atoms with E-state index in [2.05, 4.69) is 0 Å². The Labute approximate surface area is 66.9 Å². The van der Waals surface area contributed by atoms with E-state index in [-0.39, 0.29) is 6.61 Å². The van der Waals surface area contributed by atoms with Crippen molar-refractivity contribution in [2.24, 2.45) is 0 Å². The number of hydrogen-bond acceptors (Lipinski definition) is 3. The van der Waals surface area contributed by atoms with Crippen molar-refractivity contribution in [2.45, 2.75) is 25.4 Å². The lowest BCUT2D eigenvalue weighted by molar-refractivity contribution is 0.0682. The lowest BCUT2D eigenvalue weighted by Crippen LogP contribution is -2.09. The SMILES string of the molecule is N#CCOCCC1CCCO1. The highest BCUT2D eigenvalue weighted by Gasteiger charge is 2.14. The molecule has 0 amide bonds. The highest BCUT2D eigenvalue weighted by atomic mass is 16.5. The second kappa shape index (κ2) is 5.11. The third-order valence-corrected chi connectivity index (χ3v) is 1.77. The summed E-state index contributed by atoms with van der Waals surface area (Å²) in [6, 6.07) is 1.93. The average Bonchev–Trinajstić information content (AvgIpc) is 2.50. The van der Waals surface area contributed by atoms with Crippen molar-refractivity contribution in [3.8, 4) is 6.07 Å². The van der Waals surface area contributed by atoms with Crippen LogP contribution in [0.5, 0.6) is 0 Å². The fraction of sp³-hybridized carbons (Fsp3) is 0.875. The molecule has 1 atom stereocenters. The maximum atomic E-state index is 8.15. The zero-order valence-corrected chi connectivity index (χ0v) is 6.58. The first-order valence-electron chi connectivity index (χ1n) is 4.00. The van der Waals surface area contributed by atoms with Gasteiger partial charge < -0.3 is 9.47 Å². The van der Waals surface area contributed by atoms with E-state index in [4.69, 9.17) is 14.7 Å². The summed E-state index contributed by atoms with van der Waals surface area (Å²) in [5, 5.41) is 8.15. The summed E-state index contributed by atoms with van der Waals surface area (Å²) >= 11 is 0.